The van der Waals surface area contributed by atoms with E-state index in [-0.39, 0.29) is 12.5 Å². The van der Waals surface area contributed by atoms with Crippen LogP contribution in [0.4, 0.5) is 0 Å². The molecule has 0 saturated carbocycles. The zero-order valence-corrected chi connectivity index (χ0v) is 17.5. The van der Waals surface area contributed by atoms with Crippen molar-refractivity contribution in [2.24, 2.45) is 0 Å². The summed E-state index contributed by atoms with van der Waals surface area (Å²) < 4.78 is 21.7. The summed E-state index contributed by atoms with van der Waals surface area (Å²) in [6, 6.07) is 14.6. The Morgan fingerprint density at radius 2 is 1.83 bits per heavy atom. The summed E-state index contributed by atoms with van der Waals surface area (Å²) in [4.78, 5) is 18.8. The summed E-state index contributed by atoms with van der Waals surface area (Å²) in [7, 11) is 3.13. The van der Waals surface area contributed by atoms with Crippen LogP contribution in [-0.2, 0) is 11.3 Å². The summed E-state index contributed by atoms with van der Waals surface area (Å²) in [6.07, 6.45) is -0.638. The third-order valence-electron chi connectivity index (χ3n) is 4.53. The van der Waals surface area contributed by atoms with E-state index in [1.54, 1.807) is 38.2 Å². The van der Waals surface area contributed by atoms with E-state index >= 15 is 0 Å². The Hall–Kier alpha value is -3.55. The molecule has 2 aromatic carbocycles. The van der Waals surface area contributed by atoms with Crippen LogP contribution in [-0.4, -0.2) is 47.8 Å². The topological polar surface area (TPSA) is 86.9 Å². The Labute approximate surface area is 175 Å². The number of hydrogen-bond donors (Lipinski definition) is 0. The Morgan fingerprint density at radius 1 is 1.10 bits per heavy atom. The molecule has 0 aliphatic rings. The second-order valence-electron chi connectivity index (χ2n) is 6.51. The van der Waals surface area contributed by atoms with Gasteiger partial charge in [0.1, 0.15) is 12.3 Å². The zero-order chi connectivity index (χ0) is 21.5. The van der Waals surface area contributed by atoms with Gasteiger partial charge in [-0.15, -0.1) is 0 Å². The maximum atomic E-state index is 12.8. The molecule has 0 aliphatic heterocycles. The lowest BCUT2D eigenvalue weighted by molar-refractivity contribution is -0.138. The molecule has 0 fully saturated rings. The molecular weight excluding hydrogens is 386 g/mol. The SMILES string of the molecule is CCN(Cc1nc(-c2ccc(OC)c(OC)c2)no1)C(=O)[C@H](C)Oc1ccccc1. The Balaban J connectivity index is 1.69. The maximum absolute atomic E-state index is 12.8. The number of amides is 1. The molecule has 0 spiro atoms. The highest BCUT2D eigenvalue weighted by atomic mass is 16.5. The fourth-order valence-corrected chi connectivity index (χ4v) is 2.93. The van der Waals surface area contributed by atoms with Crippen molar-refractivity contribution in [1.82, 2.24) is 15.0 Å². The lowest BCUT2D eigenvalue weighted by atomic mass is 10.2. The summed E-state index contributed by atoms with van der Waals surface area (Å²) in [5, 5.41) is 4.02. The first-order valence-electron chi connectivity index (χ1n) is 9.61. The van der Waals surface area contributed by atoms with Crippen molar-refractivity contribution >= 4 is 5.91 Å². The predicted molar refractivity (Wildman–Crippen MR) is 110 cm³/mol. The fourth-order valence-electron chi connectivity index (χ4n) is 2.93. The molecule has 1 heterocycles. The van der Waals surface area contributed by atoms with E-state index in [1.165, 1.54) is 0 Å². The number of hydrogen-bond acceptors (Lipinski definition) is 7. The van der Waals surface area contributed by atoms with Crippen LogP contribution >= 0.6 is 0 Å². The average Bonchev–Trinajstić information content (AvgIpc) is 3.25. The Bertz CT molecular complexity index is 974. The van der Waals surface area contributed by atoms with Gasteiger partial charge in [-0.25, -0.2) is 0 Å². The van der Waals surface area contributed by atoms with E-state index in [1.807, 2.05) is 43.3 Å². The number of likely N-dealkylation sites (N-methyl/N-ethyl adjacent to an activating group) is 1. The Morgan fingerprint density at radius 3 is 2.50 bits per heavy atom. The molecule has 1 aromatic heterocycles. The molecule has 3 rings (SSSR count). The van der Waals surface area contributed by atoms with Gasteiger partial charge in [-0.1, -0.05) is 23.4 Å². The van der Waals surface area contributed by atoms with Gasteiger partial charge in [0.05, 0.1) is 14.2 Å². The van der Waals surface area contributed by atoms with Gasteiger partial charge < -0.3 is 23.6 Å². The molecule has 1 amide bonds. The quantitative estimate of drug-likeness (QED) is 0.532. The van der Waals surface area contributed by atoms with E-state index < -0.39 is 6.10 Å². The van der Waals surface area contributed by atoms with Gasteiger partial charge in [0, 0.05) is 12.1 Å². The summed E-state index contributed by atoms with van der Waals surface area (Å²) in [5.41, 5.74) is 0.720. The first-order chi connectivity index (χ1) is 14.5. The lowest BCUT2D eigenvalue weighted by Gasteiger charge is -2.23. The predicted octanol–water partition coefficient (Wildman–Crippen LogP) is 3.57. The van der Waals surface area contributed by atoms with Gasteiger partial charge in [-0.2, -0.15) is 4.98 Å². The second kappa shape index (κ2) is 9.78. The molecule has 0 N–H and O–H groups in total. The molecule has 158 valence electrons. The van der Waals surface area contributed by atoms with Crippen LogP contribution in [0.3, 0.4) is 0 Å². The van der Waals surface area contributed by atoms with Gasteiger partial charge in [0.15, 0.2) is 17.6 Å². The summed E-state index contributed by atoms with van der Waals surface area (Å²) in [5.74, 6) is 2.40. The second-order valence-corrected chi connectivity index (χ2v) is 6.51. The van der Waals surface area contributed by atoms with Crippen molar-refractivity contribution < 1.29 is 23.5 Å². The minimum atomic E-state index is -0.638. The fraction of sp³-hybridized carbons (Fsp3) is 0.318. The summed E-state index contributed by atoms with van der Waals surface area (Å²) >= 11 is 0. The van der Waals surface area contributed by atoms with Crippen molar-refractivity contribution in [2.45, 2.75) is 26.5 Å². The van der Waals surface area contributed by atoms with Crippen LogP contribution in [0, 0.1) is 0 Å². The maximum Gasteiger partial charge on any atom is 0.263 e. The van der Waals surface area contributed by atoms with Gasteiger partial charge >= 0.3 is 0 Å². The molecule has 1 atom stereocenters. The normalized spacial score (nSPS) is 11.6. The van der Waals surface area contributed by atoms with Crippen LogP contribution in [0.25, 0.3) is 11.4 Å². The van der Waals surface area contributed by atoms with Crippen molar-refractivity contribution in [3.8, 4) is 28.6 Å². The monoisotopic (exact) mass is 411 g/mol. The van der Waals surface area contributed by atoms with Crippen molar-refractivity contribution in [3.05, 3.63) is 54.4 Å². The van der Waals surface area contributed by atoms with Crippen molar-refractivity contribution in [1.29, 1.82) is 0 Å². The third-order valence-corrected chi connectivity index (χ3v) is 4.53. The van der Waals surface area contributed by atoms with Gasteiger partial charge in [0.25, 0.3) is 5.91 Å². The van der Waals surface area contributed by atoms with E-state index in [4.69, 9.17) is 18.7 Å². The third kappa shape index (κ3) is 4.89. The number of rotatable bonds is 9. The molecule has 30 heavy (non-hydrogen) atoms. The number of carbonyl (C=O) groups excluding carboxylic acids is 1. The highest BCUT2D eigenvalue weighted by Crippen LogP contribution is 2.31. The van der Waals surface area contributed by atoms with Crippen LogP contribution in [0.5, 0.6) is 17.2 Å². The molecule has 0 unspecified atom stereocenters. The zero-order valence-electron chi connectivity index (χ0n) is 17.5. The molecule has 0 aliphatic carbocycles. The number of carbonyl (C=O) groups is 1. The first kappa shape index (κ1) is 21.2. The van der Waals surface area contributed by atoms with E-state index in [9.17, 15) is 4.79 Å². The van der Waals surface area contributed by atoms with E-state index in [0.29, 0.717) is 35.5 Å². The first-order valence-corrected chi connectivity index (χ1v) is 9.61. The number of nitrogens with zero attached hydrogens (tertiary/aromatic N) is 3. The van der Waals surface area contributed by atoms with Gasteiger partial charge in [0.2, 0.25) is 11.7 Å². The smallest absolute Gasteiger partial charge is 0.263 e. The largest absolute Gasteiger partial charge is 0.493 e. The Kier molecular flexibility index (Phi) is 6.90. The van der Waals surface area contributed by atoms with E-state index in [2.05, 4.69) is 10.1 Å². The number of para-hydroxylation sites is 1. The molecule has 8 nitrogen and oxygen atoms in total. The standard InChI is InChI=1S/C22H25N3O5/c1-5-25(22(26)15(2)29-17-9-7-6-8-10-17)14-20-23-21(24-30-20)16-11-12-18(27-3)19(13-16)28-4/h6-13,15H,5,14H2,1-4H3/t15-/m0/s1. The number of aromatic nitrogens is 2. The lowest BCUT2D eigenvalue weighted by Crippen LogP contribution is -2.40. The number of methoxy groups -OCH3 is 2. The molecule has 3 aromatic rings. The minimum absolute atomic E-state index is 0.160. The highest BCUT2D eigenvalue weighted by molar-refractivity contribution is 5.80. The number of benzene rings is 2. The van der Waals surface area contributed by atoms with Crippen LogP contribution in [0.15, 0.2) is 53.1 Å². The molecule has 8 heteroatoms. The van der Waals surface area contributed by atoms with Crippen LogP contribution in [0.2, 0.25) is 0 Å². The van der Waals surface area contributed by atoms with Crippen LogP contribution < -0.4 is 14.2 Å². The molecular formula is C22H25N3O5. The summed E-state index contributed by atoms with van der Waals surface area (Å²) in [6.45, 7) is 4.28. The van der Waals surface area contributed by atoms with Crippen molar-refractivity contribution in [3.63, 3.8) is 0 Å². The van der Waals surface area contributed by atoms with E-state index in [0.717, 1.165) is 5.56 Å². The molecule has 0 radical (unpaired) electrons. The van der Waals surface area contributed by atoms with Gasteiger partial charge in [-0.05, 0) is 44.2 Å². The average molecular weight is 411 g/mol. The molecule has 0 bridgehead atoms. The van der Waals surface area contributed by atoms with Crippen molar-refractivity contribution in [2.75, 3.05) is 20.8 Å². The van der Waals surface area contributed by atoms with Crippen LogP contribution in [0.1, 0.15) is 19.7 Å². The highest BCUT2D eigenvalue weighted by Gasteiger charge is 2.23. The molecule has 0 saturated heterocycles. The number of ether oxygens (including phenoxy) is 3. The van der Waals surface area contributed by atoms with Gasteiger partial charge in [-0.3, -0.25) is 4.79 Å². The minimum Gasteiger partial charge on any atom is -0.493 e.